The number of benzene rings is 2. The number of nitrogens with zero attached hydrogens (tertiary/aromatic N) is 3. The van der Waals surface area contributed by atoms with Gasteiger partial charge in [0.2, 0.25) is 5.91 Å². The maximum Gasteiger partial charge on any atom is 0.239 e. The summed E-state index contributed by atoms with van der Waals surface area (Å²) >= 11 is 1.41. The fourth-order valence-electron chi connectivity index (χ4n) is 2.65. The van der Waals surface area contributed by atoms with Crippen LogP contribution in [0.5, 0.6) is 11.5 Å². The van der Waals surface area contributed by atoms with Gasteiger partial charge >= 0.3 is 0 Å². The van der Waals surface area contributed by atoms with Crippen LogP contribution in [0.4, 0.5) is 0 Å². The predicted molar refractivity (Wildman–Crippen MR) is 109 cm³/mol. The zero-order chi connectivity index (χ0) is 19.1. The van der Waals surface area contributed by atoms with Crippen molar-refractivity contribution < 1.29 is 14.3 Å². The number of carbonyl (C=O) groups excluding carboxylic acids is 1. The van der Waals surface area contributed by atoms with E-state index < -0.39 is 0 Å². The number of carbonyl (C=O) groups is 1. The van der Waals surface area contributed by atoms with Gasteiger partial charge in [0.05, 0.1) is 26.2 Å². The van der Waals surface area contributed by atoms with Crippen molar-refractivity contribution >= 4 is 29.1 Å². The van der Waals surface area contributed by atoms with Gasteiger partial charge in [-0.1, -0.05) is 48.2 Å². The Hall–Kier alpha value is -2.80. The average molecular weight is 383 g/mol. The van der Waals surface area contributed by atoms with Gasteiger partial charge in [-0.25, -0.2) is 0 Å². The molecule has 1 saturated heterocycles. The highest BCUT2D eigenvalue weighted by Gasteiger charge is 2.28. The summed E-state index contributed by atoms with van der Waals surface area (Å²) < 4.78 is 10.6. The van der Waals surface area contributed by atoms with Gasteiger partial charge in [-0.05, 0) is 29.7 Å². The molecule has 1 fully saturated rings. The SMILES string of the molecule is COc1ccc(CCN2C(=O)CSC2=NN=Cc2ccccc2)cc1OC. The van der Waals surface area contributed by atoms with Crippen molar-refractivity contribution in [2.45, 2.75) is 6.42 Å². The Balaban J connectivity index is 1.66. The first-order valence-electron chi connectivity index (χ1n) is 8.51. The van der Waals surface area contributed by atoms with Crippen LogP contribution >= 0.6 is 11.8 Å². The van der Waals surface area contributed by atoms with E-state index in [1.807, 2.05) is 48.5 Å². The fraction of sp³-hybridized carbons (Fsp3) is 0.250. The Bertz CT molecular complexity index is 853. The standard InChI is InChI=1S/C20H21N3O3S/c1-25-17-9-8-15(12-18(17)26-2)10-11-23-19(24)14-27-20(23)22-21-13-16-6-4-3-5-7-16/h3-9,12-13H,10-11,14H2,1-2H3. The van der Waals surface area contributed by atoms with Crippen LogP contribution in [-0.2, 0) is 11.2 Å². The maximum atomic E-state index is 12.2. The van der Waals surface area contributed by atoms with E-state index in [4.69, 9.17) is 9.47 Å². The second-order valence-corrected chi connectivity index (χ2v) is 6.75. The number of ether oxygens (including phenoxy) is 2. The summed E-state index contributed by atoms with van der Waals surface area (Å²) in [6.07, 6.45) is 2.37. The molecular weight excluding hydrogens is 362 g/mol. The summed E-state index contributed by atoms with van der Waals surface area (Å²) in [4.78, 5) is 13.9. The Morgan fingerprint density at radius 2 is 1.89 bits per heavy atom. The summed E-state index contributed by atoms with van der Waals surface area (Å²) in [7, 11) is 3.22. The highest BCUT2D eigenvalue weighted by Crippen LogP contribution is 2.28. The van der Waals surface area contributed by atoms with E-state index in [2.05, 4.69) is 10.2 Å². The van der Waals surface area contributed by atoms with Crippen LogP contribution in [0.3, 0.4) is 0 Å². The average Bonchev–Trinajstić information content (AvgIpc) is 3.06. The molecule has 1 heterocycles. The van der Waals surface area contributed by atoms with Crippen molar-refractivity contribution in [3.8, 4) is 11.5 Å². The summed E-state index contributed by atoms with van der Waals surface area (Å²) in [5, 5.41) is 8.99. The number of amides is 1. The van der Waals surface area contributed by atoms with Crippen LogP contribution in [0, 0.1) is 0 Å². The highest BCUT2D eigenvalue weighted by atomic mass is 32.2. The van der Waals surface area contributed by atoms with Crippen LogP contribution < -0.4 is 9.47 Å². The molecule has 140 valence electrons. The molecule has 2 aromatic carbocycles. The van der Waals surface area contributed by atoms with Gasteiger partial charge in [-0.15, -0.1) is 5.10 Å². The van der Waals surface area contributed by atoms with Gasteiger partial charge in [0, 0.05) is 6.54 Å². The number of amidine groups is 1. The second kappa shape index (κ2) is 9.23. The van der Waals surface area contributed by atoms with Crippen molar-refractivity contribution in [2.75, 3.05) is 26.5 Å². The molecule has 0 radical (unpaired) electrons. The molecule has 0 spiro atoms. The molecule has 6 nitrogen and oxygen atoms in total. The molecule has 2 aromatic rings. The monoisotopic (exact) mass is 383 g/mol. The van der Waals surface area contributed by atoms with Gasteiger partial charge in [-0.3, -0.25) is 9.69 Å². The third kappa shape index (κ3) is 4.89. The number of thioether (sulfide) groups is 1. The highest BCUT2D eigenvalue weighted by molar-refractivity contribution is 8.15. The molecule has 27 heavy (non-hydrogen) atoms. The minimum Gasteiger partial charge on any atom is -0.493 e. The van der Waals surface area contributed by atoms with Gasteiger partial charge in [0.25, 0.3) is 0 Å². The van der Waals surface area contributed by atoms with E-state index in [1.165, 1.54) is 11.8 Å². The van der Waals surface area contributed by atoms with Crippen molar-refractivity contribution in [3.63, 3.8) is 0 Å². The van der Waals surface area contributed by atoms with Gasteiger partial charge in [0.15, 0.2) is 16.7 Å². The first-order valence-corrected chi connectivity index (χ1v) is 9.50. The third-order valence-electron chi connectivity index (χ3n) is 4.08. The van der Waals surface area contributed by atoms with Crippen molar-refractivity contribution in [1.29, 1.82) is 0 Å². The normalized spacial score (nSPS) is 15.7. The molecule has 0 saturated carbocycles. The Labute approximate surface area is 162 Å². The molecule has 7 heteroatoms. The van der Waals surface area contributed by atoms with E-state index in [9.17, 15) is 4.79 Å². The summed E-state index contributed by atoms with van der Waals surface area (Å²) in [6.45, 7) is 0.543. The number of methoxy groups -OCH3 is 2. The van der Waals surface area contributed by atoms with Crippen LogP contribution in [0.25, 0.3) is 0 Å². The zero-order valence-electron chi connectivity index (χ0n) is 15.3. The van der Waals surface area contributed by atoms with Crippen molar-refractivity contribution in [3.05, 3.63) is 59.7 Å². The fourth-order valence-corrected chi connectivity index (χ4v) is 3.52. The quantitative estimate of drug-likeness (QED) is 0.544. The number of hydrogen-bond acceptors (Lipinski definition) is 6. The summed E-state index contributed by atoms with van der Waals surface area (Å²) in [5.74, 6) is 1.81. The second-order valence-electron chi connectivity index (χ2n) is 5.81. The van der Waals surface area contributed by atoms with Crippen LogP contribution in [0.2, 0.25) is 0 Å². The van der Waals surface area contributed by atoms with E-state index in [0.717, 1.165) is 11.1 Å². The smallest absolute Gasteiger partial charge is 0.239 e. The third-order valence-corrected chi connectivity index (χ3v) is 5.03. The van der Waals surface area contributed by atoms with E-state index in [-0.39, 0.29) is 5.91 Å². The predicted octanol–water partition coefficient (Wildman–Crippen LogP) is 3.21. The lowest BCUT2D eigenvalue weighted by atomic mass is 10.1. The molecule has 0 bridgehead atoms. The van der Waals surface area contributed by atoms with Gasteiger partial charge < -0.3 is 9.47 Å². The minimum atomic E-state index is 0.0501. The van der Waals surface area contributed by atoms with Gasteiger partial charge in [0.1, 0.15) is 0 Å². The molecule has 1 aliphatic heterocycles. The Morgan fingerprint density at radius 1 is 1.11 bits per heavy atom. The van der Waals surface area contributed by atoms with Crippen LogP contribution in [0.1, 0.15) is 11.1 Å². The number of hydrogen-bond donors (Lipinski definition) is 0. The lowest BCUT2D eigenvalue weighted by molar-refractivity contribution is -0.124. The lowest BCUT2D eigenvalue weighted by Crippen LogP contribution is -2.31. The zero-order valence-corrected chi connectivity index (χ0v) is 16.1. The van der Waals surface area contributed by atoms with E-state index >= 15 is 0 Å². The van der Waals surface area contributed by atoms with Crippen LogP contribution in [0.15, 0.2) is 58.7 Å². The first-order chi connectivity index (χ1) is 13.2. The molecule has 1 amide bonds. The minimum absolute atomic E-state index is 0.0501. The number of rotatable bonds is 7. The van der Waals surface area contributed by atoms with Gasteiger partial charge in [-0.2, -0.15) is 5.10 Å². The molecular formula is C20H21N3O3S. The van der Waals surface area contributed by atoms with E-state index in [0.29, 0.717) is 35.4 Å². The first kappa shape index (κ1) is 19.0. The summed E-state index contributed by atoms with van der Waals surface area (Å²) in [6, 6.07) is 15.5. The molecule has 0 aromatic heterocycles. The summed E-state index contributed by atoms with van der Waals surface area (Å²) in [5.41, 5.74) is 2.03. The van der Waals surface area contributed by atoms with E-state index in [1.54, 1.807) is 25.3 Å². The molecule has 1 aliphatic rings. The molecule has 0 unspecified atom stereocenters. The maximum absolute atomic E-state index is 12.2. The molecule has 0 atom stereocenters. The largest absolute Gasteiger partial charge is 0.493 e. The van der Waals surface area contributed by atoms with Crippen LogP contribution in [-0.4, -0.2) is 48.7 Å². The topological polar surface area (TPSA) is 63.5 Å². The Morgan fingerprint density at radius 3 is 2.63 bits per heavy atom. The molecule has 0 aliphatic carbocycles. The van der Waals surface area contributed by atoms with Crippen molar-refractivity contribution in [1.82, 2.24) is 4.90 Å². The molecule has 0 N–H and O–H groups in total. The molecule has 3 rings (SSSR count). The lowest BCUT2D eigenvalue weighted by Gasteiger charge is -2.15. The Kier molecular flexibility index (Phi) is 6.49. The van der Waals surface area contributed by atoms with Crippen molar-refractivity contribution in [2.24, 2.45) is 10.2 Å².